The van der Waals surface area contributed by atoms with E-state index in [1.807, 2.05) is 0 Å². The third-order valence-corrected chi connectivity index (χ3v) is 13.3. The summed E-state index contributed by atoms with van der Waals surface area (Å²) in [5.74, 6) is 1.82. The molecule has 3 heteroatoms. The van der Waals surface area contributed by atoms with E-state index < -0.39 is 0 Å². The number of fused-ring (bicyclic) bond motifs is 6. The van der Waals surface area contributed by atoms with Gasteiger partial charge in [-0.3, -0.25) is 0 Å². The zero-order valence-corrected chi connectivity index (χ0v) is 37.9. The van der Waals surface area contributed by atoms with Gasteiger partial charge in [0.15, 0.2) is 17.5 Å². The Morgan fingerprint density at radius 3 is 0.912 bits per heavy atom. The first-order valence-corrected chi connectivity index (χ1v) is 23.2. The van der Waals surface area contributed by atoms with Gasteiger partial charge in [0.05, 0.1) is 0 Å². The lowest BCUT2D eigenvalue weighted by Gasteiger charge is -2.17. The molecule has 0 atom stereocenters. The highest BCUT2D eigenvalue weighted by atomic mass is 15.0. The van der Waals surface area contributed by atoms with Crippen molar-refractivity contribution in [3.8, 4) is 89.8 Å². The van der Waals surface area contributed by atoms with E-state index in [-0.39, 0.29) is 0 Å². The topological polar surface area (TPSA) is 38.7 Å². The summed E-state index contributed by atoms with van der Waals surface area (Å²) >= 11 is 0. The summed E-state index contributed by atoms with van der Waals surface area (Å²) in [5, 5.41) is 7.57. The summed E-state index contributed by atoms with van der Waals surface area (Å²) in [6, 6.07) is 84.6. The van der Waals surface area contributed by atoms with Crippen LogP contribution in [0.25, 0.3) is 122 Å². The van der Waals surface area contributed by atoms with Crippen molar-refractivity contribution in [2.45, 2.75) is 13.8 Å². The van der Waals surface area contributed by atoms with Gasteiger partial charge in [-0.2, -0.15) is 0 Å². The van der Waals surface area contributed by atoms with Gasteiger partial charge in [0.25, 0.3) is 0 Å². The van der Waals surface area contributed by atoms with Gasteiger partial charge in [-0.1, -0.05) is 188 Å². The van der Waals surface area contributed by atoms with Crippen molar-refractivity contribution >= 4 is 32.3 Å². The molecule has 3 nitrogen and oxygen atoms in total. The Hall–Kier alpha value is -8.79. The van der Waals surface area contributed by atoms with E-state index in [0.29, 0.717) is 17.5 Å². The highest BCUT2D eigenvalue weighted by Crippen LogP contribution is 2.41. The maximum absolute atomic E-state index is 5.42. The highest BCUT2D eigenvalue weighted by molar-refractivity contribution is 6.26. The van der Waals surface area contributed by atoms with E-state index in [0.717, 1.165) is 66.8 Å². The fraction of sp³-hybridized carbons (Fsp3) is 0.0308. The van der Waals surface area contributed by atoms with Crippen LogP contribution in [-0.2, 0) is 0 Å². The molecule has 320 valence electrons. The van der Waals surface area contributed by atoms with Crippen LogP contribution >= 0.6 is 0 Å². The lowest BCUT2D eigenvalue weighted by atomic mass is 9.88. The fourth-order valence-corrected chi connectivity index (χ4v) is 9.87. The molecule has 0 bridgehead atoms. The Morgan fingerprint density at radius 1 is 0.206 bits per heavy atom. The lowest BCUT2D eigenvalue weighted by molar-refractivity contribution is 1.07. The van der Waals surface area contributed by atoms with Crippen molar-refractivity contribution in [3.05, 3.63) is 248 Å². The molecule has 11 aromatic carbocycles. The van der Waals surface area contributed by atoms with Crippen LogP contribution in [0.1, 0.15) is 11.1 Å². The summed E-state index contributed by atoms with van der Waals surface area (Å²) < 4.78 is 0. The van der Waals surface area contributed by atoms with E-state index in [9.17, 15) is 0 Å². The van der Waals surface area contributed by atoms with Crippen LogP contribution in [-0.4, -0.2) is 15.0 Å². The highest BCUT2D eigenvalue weighted by Gasteiger charge is 2.19. The van der Waals surface area contributed by atoms with Gasteiger partial charge >= 0.3 is 0 Å². The standard InChI is InChI=1S/C65H45N3/c1-42-31-32-48(40-59(42)60-41-62-58-30-18-16-28-56(58)55-27-15-17-29-57(55)61(62)33-43(60)2)63-66-64(53-36-49(44-19-7-3-8-20-44)34-50(37-53)45-21-9-4-10-22-45)68-65(67-63)54-38-51(46-23-11-5-12-24-46)35-52(39-54)47-25-13-6-14-26-47/h3-41H,1-2H3. The van der Waals surface area contributed by atoms with Gasteiger partial charge in [0.1, 0.15) is 0 Å². The van der Waals surface area contributed by atoms with Crippen LogP contribution in [0, 0.1) is 13.8 Å². The molecular weight excluding hydrogens is 823 g/mol. The second-order valence-electron chi connectivity index (χ2n) is 17.7. The molecule has 0 aliphatic rings. The molecule has 12 aromatic rings. The van der Waals surface area contributed by atoms with E-state index in [1.54, 1.807) is 0 Å². The zero-order valence-electron chi connectivity index (χ0n) is 37.9. The molecule has 68 heavy (non-hydrogen) atoms. The number of hydrogen-bond donors (Lipinski definition) is 0. The molecule has 12 rings (SSSR count). The molecule has 0 fully saturated rings. The van der Waals surface area contributed by atoms with Crippen molar-refractivity contribution in [3.63, 3.8) is 0 Å². The minimum atomic E-state index is 0.605. The predicted octanol–water partition coefficient (Wildman–Crippen LogP) is 17.3. The fourth-order valence-electron chi connectivity index (χ4n) is 9.87. The Kier molecular flexibility index (Phi) is 10.3. The lowest BCUT2D eigenvalue weighted by Crippen LogP contribution is -2.01. The van der Waals surface area contributed by atoms with Gasteiger partial charge in [-0.05, 0) is 161 Å². The molecule has 0 saturated carbocycles. The van der Waals surface area contributed by atoms with Crippen molar-refractivity contribution in [2.24, 2.45) is 0 Å². The molecule has 0 saturated heterocycles. The van der Waals surface area contributed by atoms with Gasteiger partial charge in [-0.15, -0.1) is 0 Å². The SMILES string of the molecule is Cc1ccc(-c2nc(-c3cc(-c4ccccc4)cc(-c4ccccc4)c3)nc(-c3cc(-c4ccccc4)cc(-c4ccccc4)c3)n2)cc1-c1cc2c3ccccc3c3ccccc3c2cc1C. The number of benzene rings is 11. The minimum absolute atomic E-state index is 0.605. The molecule has 0 amide bonds. The molecule has 0 spiro atoms. The van der Waals surface area contributed by atoms with Crippen LogP contribution in [0.15, 0.2) is 237 Å². The third kappa shape index (κ3) is 7.60. The minimum Gasteiger partial charge on any atom is -0.208 e. The van der Waals surface area contributed by atoms with E-state index in [1.165, 1.54) is 49.0 Å². The number of rotatable bonds is 8. The quantitative estimate of drug-likeness (QED) is 0.143. The Labute approximate surface area is 396 Å². The zero-order chi connectivity index (χ0) is 45.6. The van der Waals surface area contributed by atoms with E-state index >= 15 is 0 Å². The molecule has 0 N–H and O–H groups in total. The summed E-state index contributed by atoms with van der Waals surface area (Å²) in [4.78, 5) is 16.3. The van der Waals surface area contributed by atoms with Crippen LogP contribution in [0.5, 0.6) is 0 Å². The molecule has 1 heterocycles. The number of nitrogens with zero attached hydrogens (tertiary/aromatic N) is 3. The predicted molar refractivity (Wildman–Crippen MR) is 285 cm³/mol. The van der Waals surface area contributed by atoms with E-state index in [2.05, 4.69) is 250 Å². The van der Waals surface area contributed by atoms with E-state index in [4.69, 9.17) is 15.0 Å². The molecule has 0 aliphatic heterocycles. The van der Waals surface area contributed by atoms with Crippen LogP contribution in [0.3, 0.4) is 0 Å². The molecule has 1 aromatic heterocycles. The number of hydrogen-bond acceptors (Lipinski definition) is 3. The van der Waals surface area contributed by atoms with Crippen molar-refractivity contribution < 1.29 is 0 Å². The average molecular weight is 868 g/mol. The second-order valence-corrected chi connectivity index (χ2v) is 17.7. The second kappa shape index (κ2) is 17.2. The Balaban J connectivity index is 1.09. The van der Waals surface area contributed by atoms with Crippen molar-refractivity contribution in [2.75, 3.05) is 0 Å². The summed E-state index contributed by atoms with van der Waals surface area (Å²) in [6.45, 7) is 4.43. The Morgan fingerprint density at radius 2 is 0.515 bits per heavy atom. The first kappa shape index (κ1) is 40.7. The van der Waals surface area contributed by atoms with Gasteiger partial charge in [0, 0.05) is 16.7 Å². The average Bonchev–Trinajstić information content (AvgIpc) is 3.41. The number of aromatic nitrogens is 3. The van der Waals surface area contributed by atoms with Crippen LogP contribution in [0.4, 0.5) is 0 Å². The maximum atomic E-state index is 5.42. The van der Waals surface area contributed by atoms with Crippen molar-refractivity contribution in [1.29, 1.82) is 0 Å². The normalized spacial score (nSPS) is 11.4. The van der Waals surface area contributed by atoms with Gasteiger partial charge in [-0.25, -0.2) is 15.0 Å². The van der Waals surface area contributed by atoms with Gasteiger partial charge < -0.3 is 0 Å². The summed E-state index contributed by atoms with van der Waals surface area (Å²) in [5.41, 5.74) is 16.3. The van der Waals surface area contributed by atoms with Crippen LogP contribution in [0.2, 0.25) is 0 Å². The third-order valence-electron chi connectivity index (χ3n) is 13.3. The summed E-state index contributed by atoms with van der Waals surface area (Å²) in [7, 11) is 0. The van der Waals surface area contributed by atoms with Crippen LogP contribution < -0.4 is 0 Å². The largest absolute Gasteiger partial charge is 0.208 e. The summed E-state index contributed by atoms with van der Waals surface area (Å²) in [6.07, 6.45) is 0. The first-order chi connectivity index (χ1) is 33.5. The number of aryl methyl sites for hydroxylation is 2. The maximum Gasteiger partial charge on any atom is 0.164 e. The molecule has 0 aliphatic carbocycles. The molecule has 0 radical (unpaired) electrons. The smallest absolute Gasteiger partial charge is 0.164 e. The monoisotopic (exact) mass is 867 g/mol. The van der Waals surface area contributed by atoms with Crippen molar-refractivity contribution in [1.82, 2.24) is 15.0 Å². The molecular formula is C65H45N3. The Bertz CT molecular complexity index is 3580. The molecule has 0 unspecified atom stereocenters. The van der Waals surface area contributed by atoms with Gasteiger partial charge in [0.2, 0.25) is 0 Å². The first-order valence-electron chi connectivity index (χ1n) is 23.2.